The summed E-state index contributed by atoms with van der Waals surface area (Å²) in [7, 11) is 0. The molecule has 0 heterocycles. The van der Waals surface area contributed by atoms with Gasteiger partial charge in [0.25, 0.3) is 0 Å². The molecule has 0 aliphatic rings. The lowest BCUT2D eigenvalue weighted by atomic mass is 9.98. The van der Waals surface area contributed by atoms with Crippen molar-refractivity contribution in [2.24, 2.45) is 11.7 Å². The lowest BCUT2D eigenvalue weighted by molar-refractivity contribution is 0.340. The van der Waals surface area contributed by atoms with Crippen molar-refractivity contribution in [2.45, 2.75) is 33.2 Å². The van der Waals surface area contributed by atoms with E-state index in [4.69, 9.17) is 10.5 Å². The maximum Gasteiger partial charge on any atom is 0.119 e. The third kappa shape index (κ3) is 4.86. The van der Waals surface area contributed by atoms with Crippen molar-refractivity contribution in [1.29, 1.82) is 0 Å². The Balaban J connectivity index is 0.00000225. The molecule has 0 aliphatic carbocycles. The molecular weight excluding hydrogens is 222 g/mol. The van der Waals surface area contributed by atoms with E-state index in [1.807, 2.05) is 19.1 Å². The molecule has 1 unspecified atom stereocenters. The summed E-state index contributed by atoms with van der Waals surface area (Å²) in [5, 5.41) is 0. The third-order valence-corrected chi connectivity index (χ3v) is 2.34. The fraction of sp³-hybridized carbons (Fsp3) is 0.538. The quantitative estimate of drug-likeness (QED) is 0.859. The molecule has 0 aromatic heterocycles. The topological polar surface area (TPSA) is 35.2 Å². The lowest BCUT2D eigenvalue weighted by Crippen LogP contribution is -2.12. The molecule has 0 aliphatic heterocycles. The molecule has 0 spiro atoms. The second kappa shape index (κ2) is 7.53. The molecule has 1 aromatic rings. The Kier molecular flexibility index (Phi) is 7.18. The van der Waals surface area contributed by atoms with Crippen LogP contribution in [0.15, 0.2) is 24.3 Å². The van der Waals surface area contributed by atoms with E-state index >= 15 is 0 Å². The van der Waals surface area contributed by atoms with Crippen LogP contribution in [0, 0.1) is 5.92 Å². The first-order valence-corrected chi connectivity index (χ1v) is 5.61. The van der Waals surface area contributed by atoms with Crippen molar-refractivity contribution in [1.82, 2.24) is 0 Å². The van der Waals surface area contributed by atoms with Crippen molar-refractivity contribution in [2.75, 3.05) is 6.61 Å². The first-order chi connectivity index (χ1) is 7.13. The molecule has 92 valence electrons. The van der Waals surface area contributed by atoms with E-state index < -0.39 is 0 Å². The van der Waals surface area contributed by atoms with Crippen LogP contribution in [0.2, 0.25) is 0 Å². The number of nitrogens with two attached hydrogens (primary N) is 1. The van der Waals surface area contributed by atoms with Crippen LogP contribution >= 0.6 is 12.4 Å². The maximum atomic E-state index is 6.08. The highest BCUT2D eigenvalue weighted by Gasteiger charge is 2.07. The van der Waals surface area contributed by atoms with Gasteiger partial charge >= 0.3 is 0 Å². The molecule has 1 aromatic carbocycles. The Bertz CT molecular complexity index is 284. The molecule has 1 atom stereocenters. The Hall–Kier alpha value is -0.730. The molecule has 0 bridgehead atoms. The molecule has 0 saturated carbocycles. The highest BCUT2D eigenvalue weighted by Crippen LogP contribution is 2.21. The summed E-state index contributed by atoms with van der Waals surface area (Å²) in [5.41, 5.74) is 7.27. The molecule has 0 radical (unpaired) electrons. The molecular formula is C13H22ClNO. The van der Waals surface area contributed by atoms with Gasteiger partial charge in [-0.1, -0.05) is 26.0 Å². The molecule has 0 saturated heterocycles. The Morgan fingerprint density at radius 2 is 1.75 bits per heavy atom. The van der Waals surface area contributed by atoms with E-state index in [0.29, 0.717) is 12.5 Å². The molecule has 16 heavy (non-hydrogen) atoms. The predicted molar refractivity (Wildman–Crippen MR) is 71.2 cm³/mol. The summed E-state index contributed by atoms with van der Waals surface area (Å²) in [6.07, 6.45) is 1.02. The van der Waals surface area contributed by atoms with E-state index in [0.717, 1.165) is 12.2 Å². The van der Waals surface area contributed by atoms with E-state index in [1.54, 1.807) is 0 Å². The number of hydrogen-bond donors (Lipinski definition) is 1. The van der Waals surface area contributed by atoms with E-state index in [9.17, 15) is 0 Å². The lowest BCUT2D eigenvalue weighted by Gasteiger charge is -2.14. The van der Waals surface area contributed by atoms with E-state index in [-0.39, 0.29) is 18.4 Å². The summed E-state index contributed by atoms with van der Waals surface area (Å²) in [4.78, 5) is 0. The normalized spacial score (nSPS) is 12.1. The van der Waals surface area contributed by atoms with Crippen LogP contribution in [0.5, 0.6) is 5.75 Å². The SMILES string of the molecule is CCOc1ccc(C(N)CC(C)C)cc1.Cl. The average Bonchev–Trinajstić information content (AvgIpc) is 2.18. The van der Waals surface area contributed by atoms with Gasteiger partial charge in [0.2, 0.25) is 0 Å². The van der Waals surface area contributed by atoms with E-state index in [2.05, 4.69) is 26.0 Å². The minimum atomic E-state index is 0. The first kappa shape index (κ1) is 15.3. The fourth-order valence-corrected chi connectivity index (χ4v) is 1.62. The second-order valence-electron chi connectivity index (χ2n) is 4.24. The molecule has 3 heteroatoms. The zero-order chi connectivity index (χ0) is 11.3. The summed E-state index contributed by atoms with van der Waals surface area (Å²) in [6, 6.07) is 8.22. The van der Waals surface area contributed by atoms with Crippen LogP contribution in [0.25, 0.3) is 0 Å². The summed E-state index contributed by atoms with van der Waals surface area (Å²) in [6.45, 7) is 7.07. The summed E-state index contributed by atoms with van der Waals surface area (Å²) < 4.78 is 5.38. The average molecular weight is 244 g/mol. The second-order valence-corrected chi connectivity index (χ2v) is 4.24. The van der Waals surface area contributed by atoms with Gasteiger partial charge in [-0.2, -0.15) is 0 Å². The van der Waals surface area contributed by atoms with Gasteiger partial charge in [0, 0.05) is 6.04 Å². The molecule has 0 fully saturated rings. The van der Waals surface area contributed by atoms with Crippen molar-refractivity contribution >= 4 is 12.4 Å². The van der Waals surface area contributed by atoms with Gasteiger partial charge in [0.1, 0.15) is 5.75 Å². The first-order valence-electron chi connectivity index (χ1n) is 5.61. The van der Waals surface area contributed by atoms with Gasteiger partial charge in [-0.3, -0.25) is 0 Å². The monoisotopic (exact) mass is 243 g/mol. The number of hydrogen-bond acceptors (Lipinski definition) is 2. The highest BCUT2D eigenvalue weighted by molar-refractivity contribution is 5.85. The highest BCUT2D eigenvalue weighted by atomic mass is 35.5. The van der Waals surface area contributed by atoms with Crippen LogP contribution in [-0.2, 0) is 0 Å². The standard InChI is InChI=1S/C13H21NO.ClH/c1-4-15-12-7-5-11(6-8-12)13(14)9-10(2)3;/h5-8,10,13H,4,9,14H2,1-3H3;1H. The number of halogens is 1. The predicted octanol–water partition coefficient (Wildman–Crippen LogP) is 3.55. The van der Waals surface area contributed by atoms with Crippen molar-refractivity contribution in [3.8, 4) is 5.75 Å². The largest absolute Gasteiger partial charge is 0.494 e. The Morgan fingerprint density at radius 1 is 1.19 bits per heavy atom. The molecule has 2 nitrogen and oxygen atoms in total. The minimum Gasteiger partial charge on any atom is -0.494 e. The molecule has 1 rings (SSSR count). The third-order valence-electron chi connectivity index (χ3n) is 2.34. The maximum absolute atomic E-state index is 6.08. The van der Waals surface area contributed by atoms with Gasteiger partial charge in [-0.25, -0.2) is 0 Å². The fourth-order valence-electron chi connectivity index (χ4n) is 1.62. The van der Waals surface area contributed by atoms with Gasteiger partial charge in [-0.05, 0) is 37.0 Å². The van der Waals surface area contributed by atoms with Gasteiger partial charge in [0.15, 0.2) is 0 Å². The number of benzene rings is 1. The van der Waals surface area contributed by atoms with Crippen LogP contribution in [0.4, 0.5) is 0 Å². The molecule has 0 amide bonds. The Morgan fingerprint density at radius 3 is 2.19 bits per heavy atom. The minimum absolute atomic E-state index is 0. The van der Waals surface area contributed by atoms with Gasteiger partial charge in [0.05, 0.1) is 6.61 Å². The van der Waals surface area contributed by atoms with Crippen LogP contribution in [0.1, 0.15) is 38.8 Å². The zero-order valence-corrected chi connectivity index (χ0v) is 11.1. The zero-order valence-electron chi connectivity index (χ0n) is 10.3. The Labute approximate surface area is 105 Å². The van der Waals surface area contributed by atoms with Crippen molar-refractivity contribution in [3.63, 3.8) is 0 Å². The smallest absolute Gasteiger partial charge is 0.119 e. The van der Waals surface area contributed by atoms with Crippen LogP contribution < -0.4 is 10.5 Å². The van der Waals surface area contributed by atoms with Gasteiger partial charge < -0.3 is 10.5 Å². The summed E-state index contributed by atoms with van der Waals surface area (Å²) >= 11 is 0. The number of rotatable bonds is 5. The van der Waals surface area contributed by atoms with Gasteiger partial charge in [-0.15, -0.1) is 12.4 Å². The number of ether oxygens (including phenoxy) is 1. The van der Waals surface area contributed by atoms with Crippen molar-refractivity contribution in [3.05, 3.63) is 29.8 Å². The van der Waals surface area contributed by atoms with Crippen LogP contribution in [0.3, 0.4) is 0 Å². The van der Waals surface area contributed by atoms with Crippen molar-refractivity contribution < 1.29 is 4.74 Å². The van der Waals surface area contributed by atoms with Crippen LogP contribution in [-0.4, -0.2) is 6.61 Å². The summed E-state index contributed by atoms with van der Waals surface area (Å²) in [5.74, 6) is 1.55. The van der Waals surface area contributed by atoms with E-state index in [1.165, 1.54) is 5.56 Å². The molecule has 2 N–H and O–H groups in total.